The van der Waals surface area contributed by atoms with Crippen LogP contribution in [0.2, 0.25) is 0 Å². The molecule has 1 N–H and O–H groups in total. The van der Waals surface area contributed by atoms with Crippen molar-refractivity contribution >= 4 is 17.5 Å². The summed E-state index contributed by atoms with van der Waals surface area (Å²) in [6, 6.07) is 1.64. The molecule has 0 aliphatic heterocycles. The van der Waals surface area contributed by atoms with E-state index in [4.69, 9.17) is 16.3 Å². The fourth-order valence-electron chi connectivity index (χ4n) is 1.49. The van der Waals surface area contributed by atoms with Gasteiger partial charge in [0.1, 0.15) is 5.75 Å². The molecule has 0 saturated heterocycles. The topological polar surface area (TPSA) is 51.2 Å². The Bertz CT molecular complexity index is 408. The molecular weight excluding hydrogens is 252 g/mol. The van der Waals surface area contributed by atoms with E-state index in [1.807, 2.05) is 0 Å². The van der Waals surface area contributed by atoms with Crippen molar-refractivity contribution < 1.29 is 9.53 Å². The smallest absolute Gasteiger partial charge is 0.255 e. The Kier molecular flexibility index (Phi) is 5.41. The van der Waals surface area contributed by atoms with Gasteiger partial charge >= 0.3 is 0 Å². The van der Waals surface area contributed by atoms with Crippen LogP contribution in [0.5, 0.6) is 5.75 Å². The van der Waals surface area contributed by atoms with Gasteiger partial charge in [-0.3, -0.25) is 9.78 Å². The largest absolute Gasteiger partial charge is 0.494 e. The number of nitrogens with zero attached hydrogens (tertiary/aromatic N) is 1. The molecule has 1 aromatic heterocycles. The zero-order chi connectivity index (χ0) is 13.6. The summed E-state index contributed by atoms with van der Waals surface area (Å²) in [7, 11) is 1.52. The molecule has 100 valence electrons. The second-order valence-electron chi connectivity index (χ2n) is 4.86. The van der Waals surface area contributed by atoms with Crippen LogP contribution in [0.4, 0.5) is 0 Å². The van der Waals surface area contributed by atoms with Crippen LogP contribution in [-0.4, -0.2) is 30.4 Å². The van der Waals surface area contributed by atoms with Crippen molar-refractivity contribution in [2.45, 2.75) is 20.3 Å². The Hall–Kier alpha value is -1.29. The minimum Gasteiger partial charge on any atom is -0.494 e. The lowest BCUT2D eigenvalue weighted by Gasteiger charge is -2.23. The van der Waals surface area contributed by atoms with Crippen LogP contribution in [0.1, 0.15) is 30.6 Å². The van der Waals surface area contributed by atoms with Crippen molar-refractivity contribution in [2.75, 3.05) is 19.5 Å². The van der Waals surface area contributed by atoms with Gasteiger partial charge in [0.05, 0.1) is 18.9 Å². The van der Waals surface area contributed by atoms with E-state index >= 15 is 0 Å². The number of aromatic nitrogens is 1. The van der Waals surface area contributed by atoms with Crippen LogP contribution in [0.3, 0.4) is 0 Å². The molecule has 0 radical (unpaired) electrons. The first kappa shape index (κ1) is 14.8. The first-order chi connectivity index (χ1) is 8.50. The number of hydrogen-bond donors (Lipinski definition) is 1. The van der Waals surface area contributed by atoms with Crippen LogP contribution in [-0.2, 0) is 0 Å². The minimum absolute atomic E-state index is 0.0162. The fourth-order valence-corrected chi connectivity index (χ4v) is 2.00. The number of carbonyl (C=O) groups is 1. The number of carbonyl (C=O) groups excluding carboxylic acids is 1. The Morgan fingerprint density at radius 2 is 2.28 bits per heavy atom. The summed E-state index contributed by atoms with van der Waals surface area (Å²) < 4.78 is 5.10. The summed E-state index contributed by atoms with van der Waals surface area (Å²) in [5.74, 6) is 0.906. The van der Waals surface area contributed by atoms with Crippen molar-refractivity contribution in [3.8, 4) is 5.75 Å². The highest BCUT2D eigenvalue weighted by Gasteiger charge is 2.19. The van der Waals surface area contributed by atoms with Crippen LogP contribution in [0, 0.1) is 5.41 Å². The third-order valence-corrected chi connectivity index (χ3v) is 2.94. The monoisotopic (exact) mass is 270 g/mol. The summed E-state index contributed by atoms with van der Waals surface area (Å²) in [6.45, 7) is 4.71. The van der Waals surface area contributed by atoms with Gasteiger partial charge in [-0.15, -0.1) is 11.6 Å². The first-order valence-electron chi connectivity index (χ1n) is 5.82. The lowest BCUT2D eigenvalue weighted by molar-refractivity contribution is 0.0932. The van der Waals surface area contributed by atoms with Crippen molar-refractivity contribution in [1.82, 2.24) is 10.3 Å². The van der Waals surface area contributed by atoms with E-state index in [2.05, 4.69) is 24.1 Å². The average molecular weight is 271 g/mol. The lowest BCUT2D eigenvalue weighted by atomic mass is 9.90. The quantitative estimate of drug-likeness (QED) is 0.808. The number of hydrogen-bond acceptors (Lipinski definition) is 3. The highest BCUT2D eigenvalue weighted by Crippen LogP contribution is 2.20. The summed E-state index contributed by atoms with van der Waals surface area (Å²) >= 11 is 5.73. The summed E-state index contributed by atoms with van der Waals surface area (Å²) in [5, 5.41) is 2.89. The van der Waals surface area contributed by atoms with Gasteiger partial charge in [-0.1, -0.05) is 13.8 Å². The Balaban J connectivity index is 2.66. The number of alkyl halides is 1. The maximum Gasteiger partial charge on any atom is 0.255 e. The molecule has 0 unspecified atom stereocenters. The molecule has 0 spiro atoms. The molecular formula is C13H19ClN2O2. The second kappa shape index (κ2) is 6.59. The molecule has 0 bridgehead atoms. The van der Waals surface area contributed by atoms with E-state index in [0.717, 1.165) is 6.42 Å². The average Bonchev–Trinajstić information content (AvgIpc) is 2.36. The standard InChI is InChI=1S/C13H19ClN2O2/c1-13(2,5-6-14)9-16-12(17)10-4-7-15-8-11(10)18-3/h4,7-8H,5-6,9H2,1-3H3,(H,16,17). The fraction of sp³-hybridized carbons (Fsp3) is 0.538. The molecule has 1 heterocycles. The molecule has 4 nitrogen and oxygen atoms in total. The highest BCUT2D eigenvalue weighted by atomic mass is 35.5. The van der Waals surface area contributed by atoms with E-state index in [1.54, 1.807) is 12.3 Å². The normalized spacial score (nSPS) is 11.1. The third kappa shape index (κ3) is 4.18. The van der Waals surface area contributed by atoms with Gasteiger partial charge in [-0.05, 0) is 17.9 Å². The molecule has 0 atom stereocenters. The number of pyridine rings is 1. The van der Waals surface area contributed by atoms with Crippen LogP contribution in [0.15, 0.2) is 18.5 Å². The van der Waals surface area contributed by atoms with Gasteiger partial charge in [-0.25, -0.2) is 0 Å². The molecule has 1 amide bonds. The first-order valence-corrected chi connectivity index (χ1v) is 6.36. The number of amides is 1. The lowest BCUT2D eigenvalue weighted by Crippen LogP contribution is -2.34. The van der Waals surface area contributed by atoms with Gasteiger partial charge in [0.15, 0.2) is 0 Å². The highest BCUT2D eigenvalue weighted by molar-refractivity contribution is 6.17. The Labute approximate surface area is 113 Å². The molecule has 1 rings (SSSR count). The van der Waals surface area contributed by atoms with Crippen molar-refractivity contribution in [2.24, 2.45) is 5.41 Å². The number of methoxy groups -OCH3 is 1. The van der Waals surface area contributed by atoms with Gasteiger partial charge in [-0.2, -0.15) is 0 Å². The number of halogens is 1. The SMILES string of the molecule is COc1cnccc1C(=O)NCC(C)(C)CCCl. The van der Waals surface area contributed by atoms with Gasteiger partial charge < -0.3 is 10.1 Å². The number of nitrogens with one attached hydrogen (secondary N) is 1. The molecule has 5 heteroatoms. The van der Waals surface area contributed by atoms with Crippen LogP contribution >= 0.6 is 11.6 Å². The van der Waals surface area contributed by atoms with Crippen molar-refractivity contribution in [1.29, 1.82) is 0 Å². The van der Waals surface area contributed by atoms with E-state index < -0.39 is 0 Å². The molecule has 0 aliphatic carbocycles. The number of rotatable bonds is 6. The van der Waals surface area contributed by atoms with Gasteiger partial charge in [0, 0.05) is 18.6 Å². The maximum atomic E-state index is 12.0. The van der Waals surface area contributed by atoms with E-state index in [0.29, 0.717) is 23.7 Å². The summed E-state index contributed by atoms with van der Waals surface area (Å²) in [5.41, 5.74) is 0.478. The van der Waals surface area contributed by atoms with E-state index in [1.165, 1.54) is 13.3 Å². The molecule has 0 fully saturated rings. The van der Waals surface area contributed by atoms with E-state index in [-0.39, 0.29) is 11.3 Å². The predicted octanol–water partition coefficient (Wildman–Crippen LogP) is 2.48. The molecule has 0 aliphatic rings. The summed E-state index contributed by atoms with van der Waals surface area (Å²) in [6.07, 6.45) is 3.95. The van der Waals surface area contributed by atoms with Crippen molar-refractivity contribution in [3.63, 3.8) is 0 Å². The summed E-state index contributed by atoms with van der Waals surface area (Å²) in [4.78, 5) is 15.9. The molecule has 18 heavy (non-hydrogen) atoms. The van der Waals surface area contributed by atoms with Crippen molar-refractivity contribution in [3.05, 3.63) is 24.0 Å². The minimum atomic E-state index is -0.156. The Morgan fingerprint density at radius 1 is 1.56 bits per heavy atom. The van der Waals surface area contributed by atoms with Crippen LogP contribution < -0.4 is 10.1 Å². The second-order valence-corrected chi connectivity index (χ2v) is 5.24. The number of ether oxygens (including phenoxy) is 1. The van der Waals surface area contributed by atoms with Gasteiger partial charge in [0.25, 0.3) is 5.91 Å². The predicted molar refractivity (Wildman–Crippen MR) is 72.2 cm³/mol. The maximum absolute atomic E-state index is 12.0. The molecule has 0 aromatic carbocycles. The zero-order valence-corrected chi connectivity index (χ0v) is 11.8. The Morgan fingerprint density at radius 3 is 2.89 bits per heavy atom. The van der Waals surface area contributed by atoms with Crippen LogP contribution in [0.25, 0.3) is 0 Å². The van der Waals surface area contributed by atoms with E-state index in [9.17, 15) is 4.79 Å². The zero-order valence-electron chi connectivity index (χ0n) is 11.0. The third-order valence-electron chi connectivity index (χ3n) is 2.75. The molecule has 0 saturated carbocycles. The van der Waals surface area contributed by atoms with Gasteiger partial charge in [0.2, 0.25) is 0 Å². The molecule has 1 aromatic rings.